The Kier molecular flexibility index (Phi) is 4.10. The van der Waals surface area contributed by atoms with Crippen LogP contribution in [0, 0.1) is 33.5 Å². The van der Waals surface area contributed by atoms with E-state index in [-0.39, 0.29) is 34.7 Å². The largest absolute Gasteiger partial charge is 0.451 e. The molecule has 0 aliphatic heterocycles. The van der Waals surface area contributed by atoms with Crippen LogP contribution >= 0.6 is 0 Å². The molecule has 3 saturated carbocycles. The fraction of sp³-hybridized carbons (Fsp3) is 0.720. The van der Waals surface area contributed by atoms with Crippen LogP contribution in [0.15, 0.2) is 23.3 Å². The summed E-state index contributed by atoms with van der Waals surface area (Å²) < 4.78 is 5.68. The van der Waals surface area contributed by atoms with Gasteiger partial charge in [-0.1, -0.05) is 46.8 Å². The van der Waals surface area contributed by atoms with E-state index in [1.807, 2.05) is 13.8 Å². The zero-order valence-electron chi connectivity index (χ0n) is 19.4. The molecule has 4 rings (SSSR count). The summed E-state index contributed by atoms with van der Waals surface area (Å²) in [6.07, 6.45) is 2.98. The van der Waals surface area contributed by atoms with Crippen molar-refractivity contribution in [3.63, 3.8) is 0 Å². The molecule has 0 aromatic rings. The van der Waals surface area contributed by atoms with Gasteiger partial charge in [-0.05, 0) is 55.4 Å². The molecule has 1 N–H and O–H groups in total. The quantitative estimate of drug-likeness (QED) is 0.422. The number of esters is 1. The average molecular weight is 415 g/mol. The SMILES string of the molecule is C/C=C(/C)C(=O)O[C@H]1C(C)=C[C@]23C(=O)[C@@](C)(CC(=O)[C@]12O)[C@@]1(C)[C@@H](C[C@H]3C)C1(C)C. The minimum Gasteiger partial charge on any atom is -0.451 e. The third kappa shape index (κ3) is 1.92. The van der Waals surface area contributed by atoms with Crippen LogP contribution < -0.4 is 0 Å². The number of hydrogen-bond donors (Lipinski definition) is 1. The molecule has 4 aliphatic rings. The van der Waals surface area contributed by atoms with Gasteiger partial charge in [0.1, 0.15) is 0 Å². The lowest BCUT2D eigenvalue weighted by Gasteiger charge is -2.54. The van der Waals surface area contributed by atoms with Crippen molar-refractivity contribution < 1.29 is 24.2 Å². The van der Waals surface area contributed by atoms with Crippen molar-refractivity contribution in [1.29, 1.82) is 0 Å². The second-order valence-corrected chi connectivity index (χ2v) is 11.2. The predicted octanol–water partition coefficient (Wildman–Crippen LogP) is 3.79. The lowest BCUT2D eigenvalue weighted by Crippen LogP contribution is -2.71. The van der Waals surface area contributed by atoms with Gasteiger partial charge in [0.2, 0.25) is 0 Å². The van der Waals surface area contributed by atoms with Crippen molar-refractivity contribution >= 4 is 17.5 Å². The normalized spacial score (nSPS) is 49.0. The summed E-state index contributed by atoms with van der Waals surface area (Å²) >= 11 is 0. The number of fused-ring (bicyclic) bond motifs is 3. The monoisotopic (exact) mass is 414 g/mol. The molecule has 0 aromatic carbocycles. The van der Waals surface area contributed by atoms with E-state index in [0.717, 1.165) is 6.42 Å². The van der Waals surface area contributed by atoms with Crippen LogP contribution in [-0.4, -0.2) is 34.3 Å². The summed E-state index contributed by atoms with van der Waals surface area (Å²) in [5.74, 6) is -0.977. The molecule has 0 unspecified atom stereocenters. The summed E-state index contributed by atoms with van der Waals surface area (Å²) in [6.45, 7) is 15.5. The number of hydrogen-bond acceptors (Lipinski definition) is 5. The highest BCUT2D eigenvalue weighted by molar-refractivity contribution is 6.10. The average Bonchev–Trinajstić information content (AvgIpc) is 3.00. The first-order valence-electron chi connectivity index (χ1n) is 11.0. The van der Waals surface area contributed by atoms with Crippen LogP contribution in [0.1, 0.15) is 68.2 Å². The van der Waals surface area contributed by atoms with Crippen LogP contribution in [-0.2, 0) is 19.1 Å². The van der Waals surface area contributed by atoms with E-state index < -0.39 is 28.5 Å². The van der Waals surface area contributed by atoms with Crippen molar-refractivity contribution in [1.82, 2.24) is 0 Å². The topological polar surface area (TPSA) is 80.7 Å². The third-order valence-electron chi connectivity index (χ3n) is 10.0. The first kappa shape index (κ1) is 21.5. The fourth-order valence-corrected chi connectivity index (χ4v) is 7.62. The smallest absolute Gasteiger partial charge is 0.334 e. The zero-order valence-corrected chi connectivity index (χ0v) is 19.4. The number of ether oxygens (including phenoxy) is 1. The highest BCUT2D eigenvalue weighted by Gasteiger charge is 2.86. The highest BCUT2D eigenvalue weighted by atomic mass is 16.6. The molecule has 4 aliphatic carbocycles. The molecule has 0 heterocycles. The van der Waals surface area contributed by atoms with Gasteiger partial charge in [-0.25, -0.2) is 4.79 Å². The lowest BCUT2D eigenvalue weighted by molar-refractivity contribution is -0.199. The number of Topliss-reactive ketones (excluding diaryl/α,β-unsaturated/α-hetero) is 2. The van der Waals surface area contributed by atoms with Crippen molar-refractivity contribution in [3.8, 4) is 0 Å². The molecule has 30 heavy (non-hydrogen) atoms. The Labute approximate surface area is 178 Å². The Morgan fingerprint density at radius 2 is 1.83 bits per heavy atom. The molecule has 7 atom stereocenters. The predicted molar refractivity (Wildman–Crippen MR) is 112 cm³/mol. The van der Waals surface area contributed by atoms with Crippen molar-refractivity contribution in [2.24, 2.45) is 33.5 Å². The number of ketones is 2. The summed E-state index contributed by atoms with van der Waals surface area (Å²) in [5, 5.41) is 12.0. The van der Waals surface area contributed by atoms with Crippen LogP contribution in [0.4, 0.5) is 0 Å². The van der Waals surface area contributed by atoms with Gasteiger partial charge < -0.3 is 9.84 Å². The third-order valence-corrected chi connectivity index (χ3v) is 10.0. The molecular formula is C25H34O5. The van der Waals surface area contributed by atoms with Gasteiger partial charge in [-0.3, -0.25) is 9.59 Å². The van der Waals surface area contributed by atoms with Gasteiger partial charge >= 0.3 is 5.97 Å². The van der Waals surface area contributed by atoms with Gasteiger partial charge in [0.25, 0.3) is 0 Å². The standard InChI is InChI=1S/C25H34O5/c1-9-13(2)19(27)30-18-14(3)11-24-15(4)10-16-21(5,6)23(16,8)22(7,20(24)28)12-17(26)25(18,24)29/h9,11,15-16,18,29H,10,12H2,1-8H3/b13-9-/t15-,16+,18+,22-,23+,24+,25+/m1/s1. The van der Waals surface area contributed by atoms with Crippen LogP contribution in [0.3, 0.4) is 0 Å². The first-order chi connectivity index (χ1) is 13.7. The van der Waals surface area contributed by atoms with E-state index in [9.17, 15) is 19.5 Å². The van der Waals surface area contributed by atoms with E-state index >= 15 is 0 Å². The second-order valence-electron chi connectivity index (χ2n) is 11.2. The minimum atomic E-state index is -2.05. The maximum absolute atomic E-state index is 14.3. The van der Waals surface area contributed by atoms with Gasteiger partial charge in [0.15, 0.2) is 23.3 Å². The van der Waals surface area contributed by atoms with E-state index in [2.05, 4.69) is 20.8 Å². The minimum absolute atomic E-state index is 0.0228. The van der Waals surface area contributed by atoms with Gasteiger partial charge in [0, 0.05) is 17.4 Å². The number of allylic oxidation sites excluding steroid dienone is 1. The lowest BCUT2D eigenvalue weighted by atomic mass is 9.48. The fourth-order valence-electron chi connectivity index (χ4n) is 7.62. The molecule has 3 fully saturated rings. The highest BCUT2D eigenvalue weighted by Crippen LogP contribution is 2.83. The molecular weight excluding hydrogens is 380 g/mol. The van der Waals surface area contributed by atoms with E-state index in [1.54, 1.807) is 32.9 Å². The Hall–Kier alpha value is -1.75. The summed E-state index contributed by atoms with van der Waals surface area (Å²) in [7, 11) is 0. The molecule has 2 bridgehead atoms. The maximum Gasteiger partial charge on any atom is 0.334 e. The van der Waals surface area contributed by atoms with Crippen molar-refractivity contribution in [2.45, 2.75) is 79.9 Å². The van der Waals surface area contributed by atoms with E-state index in [0.29, 0.717) is 17.1 Å². The Bertz CT molecular complexity index is 941. The molecule has 0 amide bonds. The summed E-state index contributed by atoms with van der Waals surface area (Å²) in [6, 6.07) is 0. The van der Waals surface area contributed by atoms with Crippen LogP contribution in [0.5, 0.6) is 0 Å². The molecule has 0 aromatic heterocycles. The van der Waals surface area contributed by atoms with Gasteiger partial charge in [-0.15, -0.1) is 0 Å². The van der Waals surface area contributed by atoms with Crippen LogP contribution in [0.25, 0.3) is 0 Å². The molecule has 1 spiro atoms. The summed E-state index contributed by atoms with van der Waals surface area (Å²) in [5.41, 5.74) is -3.64. The molecule has 5 heteroatoms. The Balaban J connectivity index is 1.89. The van der Waals surface area contributed by atoms with Gasteiger partial charge in [-0.2, -0.15) is 0 Å². The first-order valence-corrected chi connectivity index (χ1v) is 11.0. The van der Waals surface area contributed by atoms with Gasteiger partial charge in [0.05, 0.1) is 5.41 Å². The molecule has 0 saturated heterocycles. The van der Waals surface area contributed by atoms with Crippen LogP contribution in [0.2, 0.25) is 0 Å². The van der Waals surface area contributed by atoms with Crippen molar-refractivity contribution in [3.05, 3.63) is 23.3 Å². The number of aliphatic hydroxyl groups is 1. The Morgan fingerprint density at radius 1 is 1.23 bits per heavy atom. The second kappa shape index (κ2) is 5.73. The number of carbonyl (C=O) groups is 3. The Morgan fingerprint density at radius 3 is 2.40 bits per heavy atom. The number of carbonyl (C=O) groups excluding carboxylic acids is 3. The summed E-state index contributed by atoms with van der Waals surface area (Å²) in [4.78, 5) is 40.5. The van der Waals surface area contributed by atoms with E-state index in [4.69, 9.17) is 4.74 Å². The molecule has 164 valence electrons. The van der Waals surface area contributed by atoms with Crippen molar-refractivity contribution in [2.75, 3.05) is 0 Å². The molecule has 0 radical (unpaired) electrons. The molecule has 5 nitrogen and oxygen atoms in total. The zero-order chi connectivity index (χ0) is 22.7. The van der Waals surface area contributed by atoms with E-state index in [1.165, 1.54) is 0 Å². The maximum atomic E-state index is 14.3. The number of rotatable bonds is 2.